The van der Waals surface area contributed by atoms with Gasteiger partial charge in [-0.25, -0.2) is 14.2 Å². The van der Waals surface area contributed by atoms with Crippen LogP contribution in [0.2, 0.25) is 0 Å². The van der Waals surface area contributed by atoms with Crippen LogP contribution in [0.25, 0.3) is 5.65 Å². The number of anilines is 1. The van der Waals surface area contributed by atoms with Crippen molar-refractivity contribution in [3.63, 3.8) is 0 Å². The van der Waals surface area contributed by atoms with Crippen molar-refractivity contribution in [2.75, 3.05) is 31.6 Å². The summed E-state index contributed by atoms with van der Waals surface area (Å²) in [6, 6.07) is 14.8. The predicted molar refractivity (Wildman–Crippen MR) is 141 cm³/mol. The van der Waals surface area contributed by atoms with Crippen LogP contribution in [0, 0.1) is 5.82 Å². The van der Waals surface area contributed by atoms with Crippen LogP contribution < -0.4 is 10.1 Å². The zero-order valence-corrected chi connectivity index (χ0v) is 21.5. The lowest BCUT2D eigenvalue weighted by Gasteiger charge is -2.38. The van der Waals surface area contributed by atoms with Gasteiger partial charge in [-0.3, -0.25) is 4.79 Å². The van der Waals surface area contributed by atoms with Crippen LogP contribution in [0.15, 0.2) is 60.9 Å². The van der Waals surface area contributed by atoms with Crippen molar-refractivity contribution in [3.8, 4) is 5.75 Å². The molecule has 0 unspecified atom stereocenters. The van der Waals surface area contributed by atoms with E-state index in [2.05, 4.69) is 15.4 Å². The van der Waals surface area contributed by atoms with Gasteiger partial charge < -0.3 is 19.7 Å². The zero-order chi connectivity index (χ0) is 27.0. The first-order valence-electron chi connectivity index (χ1n) is 13.0. The van der Waals surface area contributed by atoms with Crippen LogP contribution in [-0.2, 0) is 16.7 Å². The Morgan fingerprint density at radius 1 is 1.08 bits per heavy atom. The van der Waals surface area contributed by atoms with Crippen molar-refractivity contribution >= 4 is 23.3 Å². The maximum Gasteiger partial charge on any atom is 0.343 e. The smallest absolute Gasteiger partial charge is 0.343 e. The largest absolute Gasteiger partial charge is 0.489 e. The summed E-state index contributed by atoms with van der Waals surface area (Å²) in [7, 11) is 0. The number of esters is 1. The van der Waals surface area contributed by atoms with E-state index in [1.807, 2.05) is 36.4 Å². The van der Waals surface area contributed by atoms with Gasteiger partial charge in [-0.1, -0.05) is 42.5 Å². The van der Waals surface area contributed by atoms with E-state index < -0.39 is 5.97 Å². The number of halogens is 1. The van der Waals surface area contributed by atoms with Gasteiger partial charge in [-0.15, -0.1) is 0 Å². The molecule has 10 heteroatoms. The maximum absolute atomic E-state index is 14.3. The Kier molecular flexibility index (Phi) is 6.38. The average molecular weight is 530 g/mol. The lowest BCUT2D eigenvalue weighted by Crippen LogP contribution is -2.46. The van der Waals surface area contributed by atoms with Crippen LogP contribution in [0.4, 0.5) is 10.2 Å². The number of amides is 1. The molecular formula is C29H28FN5O4. The first kappa shape index (κ1) is 24.8. The van der Waals surface area contributed by atoms with Crippen molar-refractivity contribution in [1.82, 2.24) is 19.5 Å². The Balaban J connectivity index is 1.29. The van der Waals surface area contributed by atoms with Crippen LogP contribution in [0.1, 0.15) is 51.6 Å². The minimum Gasteiger partial charge on any atom is -0.489 e. The molecule has 4 heterocycles. The summed E-state index contributed by atoms with van der Waals surface area (Å²) in [5.74, 6) is -0.291. The monoisotopic (exact) mass is 529 g/mol. The van der Waals surface area contributed by atoms with Gasteiger partial charge >= 0.3 is 5.97 Å². The summed E-state index contributed by atoms with van der Waals surface area (Å²) < 4.78 is 26.6. The van der Waals surface area contributed by atoms with Crippen molar-refractivity contribution < 1.29 is 23.5 Å². The number of hydrogen-bond acceptors (Lipinski definition) is 7. The van der Waals surface area contributed by atoms with E-state index in [1.165, 1.54) is 23.0 Å². The third-order valence-electron chi connectivity index (χ3n) is 7.59. The molecule has 1 amide bonds. The second kappa shape index (κ2) is 10.0. The number of benzene rings is 2. The number of ether oxygens (including phenoxy) is 2. The molecule has 1 spiro atoms. The maximum atomic E-state index is 14.3. The number of rotatable bonds is 6. The van der Waals surface area contributed by atoms with Gasteiger partial charge in [0.2, 0.25) is 0 Å². The number of hydrogen-bond donors (Lipinski definition) is 1. The average Bonchev–Trinajstić information content (AvgIpc) is 3.56. The third-order valence-corrected chi connectivity index (χ3v) is 7.59. The highest BCUT2D eigenvalue weighted by Crippen LogP contribution is 2.46. The van der Waals surface area contributed by atoms with Gasteiger partial charge in [-0.05, 0) is 31.4 Å². The highest BCUT2D eigenvalue weighted by Gasteiger charge is 2.45. The van der Waals surface area contributed by atoms with Crippen LogP contribution >= 0.6 is 0 Å². The van der Waals surface area contributed by atoms with Crippen LogP contribution in [0.5, 0.6) is 5.75 Å². The van der Waals surface area contributed by atoms with Gasteiger partial charge in [0.25, 0.3) is 5.91 Å². The fourth-order valence-electron chi connectivity index (χ4n) is 5.47. The van der Waals surface area contributed by atoms with Crippen molar-refractivity contribution in [2.24, 2.45) is 0 Å². The number of nitrogens with zero attached hydrogens (tertiary/aromatic N) is 4. The third kappa shape index (κ3) is 4.35. The molecule has 2 aliphatic rings. The summed E-state index contributed by atoms with van der Waals surface area (Å²) in [4.78, 5) is 32.5. The molecule has 0 bridgehead atoms. The molecule has 0 atom stereocenters. The SMILES string of the molecule is CCOC(=O)c1cnn2c(NCc3ccccc3)c(C(=O)N3CCC4(CC3)COc3c(F)cccc34)cnc12. The topological polar surface area (TPSA) is 98.1 Å². The van der Waals surface area contributed by atoms with Crippen LogP contribution in [0.3, 0.4) is 0 Å². The molecular weight excluding hydrogens is 501 g/mol. The Hall–Kier alpha value is -4.47. The number of piperidine rings is 1. The molecule has 6 rings (SSSR count). The first-order valence-corrected chi connectivity index (χ1v) is 13.0. The molecule has 0 saturated carbocycles. The number of carbonyl (C=O) groups excluding carboxylic acids is 2. The number of nitrogens with one attached hydrogen (secondary N) is 1. The number of para-hydroxylation sites is 1. The predicted octanol–water partition coefficient (Wildman–Crippen LogP) is 4.22. The Bertz CT molecular complexity index is 1550. The summed E-state index contributed by atoms with van der Waals surface area (Å²) in [5, 5.41) is 7.73. The molecule has 0 aliphatic carbocycles. The van der Waals surface area contributed by atoms with E-state index in [4.69, 9.17) is 9.47 Å². The summed E-state index contributed by atoms with van der Waals surface area (Å²) in [6.07, 6.45) is 4.21. The molecule has 0 radical (unpaired) electrons. The summed E-state index contributed by atoms with van der Waals surface area (Å²) >= 11 is 0. The molecule has 200 valence electrons. The van der Waals surface area contributed by atoms with Gasteiger partial charge in [0.1, 0.15) is 16.9 Å². The van der Waals surface area contributed by atoms with Crippen LogP contribution in [-0.4, -0.2) is 57.7 Å². The molecule has 4 aromatic rings. The summed E-state index contributed by atoms with van der Waals surface area (Å²) in [5.41, 5.74) is 2.48. The molecule has 39 heavy (non-hydrogen) atoms. The van der Waals surface area contributed by atoms with E-state index in [0.717, 1.165) is 11.1 Å². The van der Waals surface area contributed by atoms with Gasteiger partial charge in [0.15, 0.2) is 17.2 Å². The fraction of sp³-hybridized carbons (Fsp3) is 0.310. The standard InChI is InChI=1S/C29H28FN5O4/c1-2-38-28(37)21-17-33-35-25(31-15-19-7-4-3-5-8-19)20(16-32-26(21)35)27(36)34-13-11-29(12-14-34)18-39-24-22(29)9-6-10-23(24)30/h3-10,16-17,31H,2,11-15,18H2,1H3. The fourth-order valence-corrected chi connectivity index (χ4v) is 5.47. The molecule has 2 aliphatic heterocycles. The van der Waals surface area contributed by atoms with Crippen molar-refractivity contribution in [1.29, 1.82) is 0 Å². The Morgan fingerprint density at radius 3 is 2.64 bits per heavy atom. The molecule has 2 aromatic heterocycles. The van der Waals surface area contributed by atoms with E-state index in [1.54, 1.807) is 17.9 Å². The van der Waals surface area contributed by atoms with E-state index in [9.17, 15) is 14.0 Å². The second-order valence-corrected chi connectivity index (χ2v) is 9.85. The molecule has 1 N–H and O–H groups in total. The van der Waals surface area contributed by atoms with Crippen molar-refractivity contribution in [2.45, 2.75) is 31.7 Å². The lowest BCUT2D eigenvalue weighted by atomic mass is 9.74. The number of fused-ring (bicyclic) bond motifs is 3. The van der Waals surface area contributed by atoms with E-state index in [-0.39, 0.29) is 29.3 Å². The minimum absolute atomic E-state index is 0.193. The van der Waals surface area contributed by atoms with Gasteiger partial charge in [0, 0.05) is 36.8 Å². The molecule has 1 fully saturated rings. The Morgan fingerprint density at radius 2 is 1.87 bits per heavy atom. The first-order chi connectivity index (χ1) is 19.0. The second-order valence-electron chi connectivity index (χ2n) is 9.85. The highest BCUT2D eigenvalue weighted by atomic mass is 19.1. The minimum atomic E-state index is -0.523. The molecule has 2 aromatic carbocycles. The number of aromatic nitrogens is 3. The Labute approximate surface area is 224 Å². The van der Waals surface area contributed by atoms with Crippen molar-refractivity contribution in [3.05, 3.63) is 89.0 Å². The summed E-state index contributed by atoms with van der Waals surface area (Å²) in [6.45, 7) is 3.79. The highest BCUT2D eigenvalue weighted by molar-refractivity contribution is 6.00. The zero-order valence-electron chi connectivity index (χ0n) is 21.5. The number of carbonyl (C=O) groups is 2. The van der Waals surface area contributed by atoms with Gasteiger partial charge in [-0.2, -0.15) is 9.61 Å². The van der Waals surface area contributed by atoms with E-state index in [0.29, 0.717) is 61.9 Å². The lowest BCUT2D eigenvalue weighted by molar-refractivity contribution is 0.0528. The normalized spacial score (nSPS) is 15.7. The quantitative estimate of drug-likeness (QED) is 0.374. The molecule has 9 nitrogen and oxygen atoms in total. The number of likely N-dealkylation sites (tertiary alicyclic amines) is 1. The van der Waals surface area contributed by atoms with E-state index >= 15 is 0 Å². The molecule has 1 saturated heterocycles. The van der Waals surface area contributed by atoms with Gasteiger partial charge in [0.05, 0.1) is 19.4 Å².